The van der Waals surface area contributed by atoms with Gasteiger partial charge in [-0.1, -0.05) is 36.4 Å². The molecule has 5 nitrogen and oxygen atoms in total. The molecule has 0 bridgehead atoms. The molecule has 1 atom stereocenters. The van der Waals surface area contributed by atoms with E-state index in [-0.39, 0.29) is 11.9 Å². The Labute approximate surface area is 164 Å². The molecule has 2 aromatic carbocycles. The third-order valence-corrected chi connectivity index (χ3v) is 4.70. The molecule has 0 radical (unpaired) electrons. The zero-order chi connectivity index (χ0) is 19.2. The molecule has 0 saturated carbocycles. The normalized spacial score (nSPS) is 14.0. The number of pyridine rings is 1. The summed E-state index contributed by atoms with van der Waals surface area (Å²) in [7, 11) is 0. The van der Waals surface area contributed by atoms with Crippen LogP contribution in [0, 0.1) is 0 Å². The number of nitrogens with one attached hydrogen (secondary N) is 1. The van der Waals surface area contributed by atoms with E-state index in [0.717, 1.165) is 29.0 Å². The quantitative estimate of drug-likeness (QED) is 0.734. The standard InChI is InChI=1S/C23H22N2O3/c26-23(18-9-11-24-12-10-18)25-20(15-17-5-2-1-3-6-17)19-7-8-21-22(16-19)28-14-4-13-27-21/h1-3,5-12,16,20H,4,13-15H2,(H,25,26). The predicted molar refractivity (Wildman–Crippen MR) is 107 cm³/mol. The summed E-state index contributed by atoms with van der Waals surface area (Å²) in [5.41, 5.74) is 2.72. The summed E-state index contributed by atoms with van der Waals surface area (Å²) >= 11 is 0. The molecule has 2 heterocycles. The van der Waals surface area contributed by atoms with Crippen molar-refractivity contribution in [3.05, 3.63) is 89.7 Å². The van der Waals surface area contributed by atoms with Crippen LogP contribution in [0.1, 0.15) is 33.9 Å². The van der Waals surface area contributed by atoms with Crippen molar-refractivity contribution in [3.63, 3.8) is 0 Å². The van der Waals surface area contributed by atoms with Gasteiger partial charge >= 0.3 is 0 Å². The van der Waals surface area contributed by atoms with E-state index in [0.29, 0.717) is 25.2 Å². The molecule has 1 aliphatic heterocycles. The number of nitrogens with zero attached hydrogens (tertiary/aromatic N) is 1. The Morgan fingerprint density at radius 1 is 0.964 bits per heavy atom. The second-order valence-electron chi connectivity index (χ2n) is 6.71. The Hall–Kier alpha value is -3.34. The summed E-state index contributed by atoms with van der Waals surface area (Å²) in [6.45, 7) is 1.28. The number of benzene rings is 2. The van der Waals surface area contributed by atoms with Crippen molar-refractivity contribution in [2.24, 2.45) is 0 Å². The molecule has 0 spiro atoms. The van der Waals surface area contributed by atoms with Crippen LogP contribution < -0.4 is 14.8 Å². The molecular weight excluding hydrogens is 352 g/mol. The van der Waals surface area contributed by atoms with E-state index >= 15 is 0 Å². The Morgan fingerprint density at radius 3 is 2.50 bits per heavy atom. The summed E-state index contributed by atoms with van der Waals surface area (Å²) in [6, 6.07) is 19.2. The summed E-state index contributed by atoms with van der Waals surface area (Å²) in [5, 5.41) is 3.16. The Bertz CT molecular complexity index is 929. The zero-order valence-corrected chi connectivity index (χ0v) is 15.5. The average molecular weight is 374 g/mol. The van der Waals surface area contributed by atoms with Crippen molar-refractivity contribution in [1.29, 1.82) is 0 Å². The maximum Gasteiger partial charge on any atom is 0.251 e. The van der Waals surface area contributed by atoms with Gasteiger partial charge in [0.2, 0.25) is 0 Å². The number of aromatic nitrogens is 1. The molecule has 0 aliphatic carbocycles. The smallest absolute Gasteiger partial charge is 0.251 e. The van der Waals surface area contributed by atoms with Crippen molar-refractivity contribution in [2.75, 3.05) is 13.2 Å². The van der Waals surface area contributed by atoms with Crippen molar-refractivity contribution in [3.8, 4) is 11.5 Å². The van der Waals surface area contributed by atoms with Crippen LogP contribution in [-0.4, -0.2) is 24.1 Å². The highest BCUT2D eigenvalue weighted by molar-refractivity contribution is 5.94. The molecular formula is C23H22N2O3. The second kappa shape index (κ2) is 8.57. The molecule has 1 unspecified atom stereocenters. The van der Waals surface area contributed by atoms with E-state index in [9.17, 15) is 4.79 Å². The van der Waals surface area contributed by atoms with Gasteiger partial charge in [0.1, 0.15) is 0 Å². The monoisotopic (exact) mass is 374 g/mol. The van der Waals surface area contributed by atoms with E-state index in [1.54, 1.807) is 24.5 Å². The third kappa shape index (κ3) is 4.31. The third-order valence-electron chi connectivity index (χ3n) is 4.70. The molecule has 1 N–H and O–H groups in total. The van der Waals surface area contributed by atoms with Gasteiger partial charge in [-0.25, -0.2) is 0 Å². The van der Waals surface area contributed by atoms with Crippen LogP contribution in [0.15, 0.2) is 73.1 Å². The van der Waals surface area contributed by atoms with Gasteiger partial charge in [-0.3, -0.25) is 9.78 Å². The predicted octanol–water partition coefficient (Wildman–Crippen LogP) is 3.96. The Morgan fingerprint density at radius 2 is 1.71 bits per heavy atom. The van der Waals surface area contributed by atoms with Gasteiger partial charge in [0.15, 0.2) is 11.5 Å². The van der Waals surface area contributed by atoms with Crippen LogP contribution in [-0.2, 0) is 6.42 Å². The fraction of sp³-hybridized carbons (Fsp3) is 0.217. The number of fused-ring (bicyclic) bond motifs is 1. The molecule has 28 heavy (non-hydrogen) atoms. The first-order valence-corrected chi connectivity index (χ1v) is 9.44. The fourth-order valence-corrected chi connectivity index (χ4v) is 3.24. The van der Waals surface area contributed by atoms with Crippen LogP contribution >= 0.6 is 0 Å². The lowest BCUT2D eigenvalue weighted by Crippen LogP contribution is -2.30. The number of ether oxygens (including phenoxy) is 2. The first-order valence-electron chi connectivity index (χ1n) is 9.44. The molecule has 1 amide bonds. The maximum absolute atomic E-state index is 12.8. The van der Waals surface area contributed by atoms with Crippen LogP contribution in [0.3, 0.4) is 0 Å². The van der Waals surface area contributed by atoms with Gasteiger partial charge in [0, 0.05) is 24.4 Å². The van der Waals surface area contributed by atoms with Gasteiger partial charge < -0.3 is 14.8 Å². The Balaban J connectivity index is 1.62. The summed E-state index contributed by atoms with van der Waals surface area (Å²) in [4.78, 5) is 16.7. The van der Waals surface area contributed by atoms with E-state index < -0.39 is 0 Å². The zero-order valence-electron chi connectivity index (χ0n) is 15.5. The van der Waals surface area contributed by atoms with Crippen LogP contribution in [0.2, 0.25) is 0 Å². The van der Waals surface area contributed by atoms with E-state index in [2.05, 4.69) is 22.4 Å². The minimum atomic E-state index is -0.194. The van der Waals surface area contributed by atoms with Crippen molar-refractivity contribution < 1.29 is 14.3 Å². The first-order chi connectivity index (χ1) is 13.8. The minimum absolute atomic E-state index is 0.129. The molecule has 0 saturated heterocycles. The number of rotatable bonds is 5. The van der Waals surface area contributed by atoms with Crippen LogP contribution in [0.25, 0.3) is 0 Å². The molecule has 3 aromatic rings. The highest BCUT2D eigenvalue weighted by atomic mass is 16.5. The summed E-state index contributed by atoms with van der Waals surface area (Å²) in [6.07, 6.45) is 4.77. The summed E-state index contributed by atoms with van der Waals surface area (Å²) < 4.78 is 11.6. The topological polar surface area (TPSA) is 60.5 Å². The largest absolute Gasteiger partial charge is 0.490 e. The Kier molecular flexibility index (Phi) is 5.52. The molecule has 1 aliphatic rings. The van der Waals surface area contributed by atoms with Crippen molar-refractivity contribution >= 4 is 5.91 Å². The SMILES string of the molecule is O=C(NC(Cc1ccccc1)c1ccc2c(c1)OCCCO2)c1ccncc1. The molecule has 0 fully saturated rings. The highest BCUT2D eigenvalue weighted by Crippen LogP contribution is 2.33. The second-order valence-corrected chi connectivity index (χ2v) is 6.71. The fourth-order valence-electron chi connectivity index (χ4n) is 3.24. The summed E-state index contributed by atoms with van der Waals surface area (Å²) in [5.74, 6) is 1.35. The number of carbonyl (C=O) groups excluding carboxylic acids is 1. The highest BCUT2D eigenvalue weighted by Gasteiger charge is 2.19. The van der Waals surface area contributed by atoms with Crippen molar-refractivity contribution in [2.45, 2.75) is 18.9 Å². The number of carbonyl (C=O) groups is 1. The van der Waals surface area contributed by atoms with Gasteiger partial charge in [0.05, 0.1) is 19.3 Å². The molecule has 4 rings (SSSR count). The van der Waals surface area contributed by atoms with Gasteiger partial charge in [-0.2, -0.15) is 0 Å². The van der Waals surface area contributed by atoms with Crippen LogP contribution in [0.4, 0.5) is 0 Å². The van der Waals surface area contributed by atoms with E-state index in [1.165, 1.54) is 0 Å². The van der Waals surface area contributed by atoms with Crippen LogP contribution in [0.5, 0.6) is 11.5 Å². The lowest BCUT2D eigenvalue weighted by molar-refractivity contribution is 0.0936. The van der Waals surface area contributed by atoms with Crippen molar-refractivity contribution in [1.82, 2.24) is 10.3 Å². The minimum Gasteiger partial charge on any atom is -0.490 e. The maximum atomic E-state index is 12.8. The lowest BCUT2D eigenvalue weighted by atomic mass is 9.98. The van der Waals surface area contributed by atoms with E-state index in [4.69, 9.17) is 9.47 Å². The van der Waals surface area contributed by atoms with E-state index in [1.807, 2.05) is 36.4 Å². The number of hydrogen-bond donors (Lipinski definition) is 1. The molecule has 1 aromatic heterocycles. The number of amides is 1. The molecule has 142 valence electrons. The first kappa shape index (κ1) is 18.0. The van der Waals surface area contributed by atoms with Gasteiger partial charge in [-0.15, -0.1) is 0 Å². The molecule has 5 heteroatoms. The number of hydrogen-bond acceptors (Lipinski definition) is 4. The lowest BCUT2D eigenvalue weighted by Gasteiger charge is -2.21. The van der Waals surface area contributed by atoms with Gasteiger partial charge in [0.25, 0.3) is 5.91 Å². The average Bonchev–Trinajstić information content (AvgIpc) is 2.99. The van der Waals surface area contributed by atoms with Gasteiger partial charge in [-0.05, 0) is 41.8 Å².